The van der Waals surface area contributed by atoms with Crippen LogP contribution < -0.4 is 22.5 Å². The van der Waals surface area contributed by atoms with Gasteiger partial charge >= 0.3 is 23.3 Å². The summed E-state index contributed by atoms with van der Waals surface area (Å²) in [4.78, 5) is 71.4. The maximum Gasteiger partial charge on any atom is 0.328 e. The van der Waals surface area contributed by atoms with Gasteiger partial charge in [0.25, 0.3) is 11.1 Å². The zero-order valence-electron chi connectivity index (χ0n) is 12.8. The normalized spacial score (nSPS) is 10.5. The zero-order valence-corrected chi connectivity index (χ0v) is 12.8. The molecule has 0 saturated carbocycles. The monoisotopic (exact) mass is 364 g/mol. The summed E-state index contributed by atoms with van der Waals surface area (Å²) in [5.41, 5.74) is -2.33. The molecule has 2 aromatic heterocycles. The van der Waals surface area contributed by atoms with Crippen LogP contribution in [-0.4, -0.2) is 42.1 Å². The van der Waals surface area contributed by atoms with Crippen molar-refractivity contribution in [1.29, 1.82) is 0 Å². The Morgan fingerprint density at radius 2 is 1.08 bits per heavy atom. The van der Waals surface area contributed by atoms with E-state index in [1.807, 2.05) is 9.97 Å². The molecule has 6 N–H and O–H groups in total. The Hall–Kier alpha value is -4.22. The highest BCUT2D eigenvalue weighted by Crippen LogP contribution is 1.89. The third-order valence-corrected chi connectivity index (χ3v) is 2.51. The van der Waals surface area contributed by atoms with E-state index in [2.05, 4.69) is 9.97 Å². The predicted octanol–water partition coefficient (Wildman–Crippen LogP) is -1.68. The van der Waals surface area contributed by atoms with Crippen LogP contribution in [0.5, 0.6) is 0 Å². The molecule has 2 rings (SSSR count). The van der Waals surface area contributed by atoms with Crippen LogP contribution in [0, 0.1) is 0 Å². The molecule has 0 aliphatic rings. The molecule has 0 bridgehead atoms. The number of rotatable bonds is 4. The molecule has 0 fully saturated rings. The molecule has 26 heavy (non-hydrogen) atoms. The molecule has 0 radical (unpaired) electrons. The summed E-state index contributed by atoms with van der Waals surface area (Å²) in [5.74, 6) is -2.32. The first-order valence-corrected chi connectivity index (χ1v) is 6.65. The van der Waals surface area contributed by atoms with Gasteiger partial charge in [-0.15, -0.1) is 0 Å². The van der Waals surface area contributed by atoms with Gasteiger partial charge in [-0.2, -0.15) is 0 Å². The predicted molar refractivity (Wildman–Crippen MR) is 88.7 cm³/mol. The number of H-pyrrole nitrogens is 4. The van der Waals surface area contributed by atoms with E-state index in [9.17, 15) is 28.8 Å². The van der Waals surface area contributed by atoms with Gasteiger partial charge in [0.2, 0.25) is 0 Å². The Morgan fingerprint density at radius 1 is 0.731 bits per heavy atom. The second kappa shape index (κ2) is 9.17. The van der Waals surface area contributed by atoms with Crippen molar-refractivity contribution in [2.75, 3.05) is 0 Å². The van der Waals surface area contributed by atoms with Crippen LogP contribution in [0.1, 0.15) is 11.1 Å². The van der Waals surface area contributed by atoms with Crippen molar-refractivity contribution in [2.45, 2.75) is 0 Å². The third kappa shape index (κ3) is 6.91. The van der Waals surface area contributed by atoms with Gasteiger partial charge in [0.1, 0.15) is 0 Å². The van der Waals surface area contributed by atoms with E-state index < -0.39 is 34.4 Å². The number of aromatic amines is 4. The maximum atomic E-state index is 10.9. The Labute approximate surface area is 142 Å². The van der Waals surface area contributed by atoms with Gasteiger partial charge < -0.3 is 20.2 Å². The van der Waals surface area contributed by atoms with Crippen LogP contribution in [0.2, 0.25) is 0 Å². The van der Waals surface area contributed by atoms with Crippen LogP contribution in [0.4, 0.5) is 0 Å². The van der Waals surface area contributed by atoms with E-state index >= 15 is 0 Å². The average molecular weight is 364 g/mol. The van der Waals surface area contributed by atoms with Crippen molar-refractivity contribution in [3.05, 3.63) is 77.3 Å². The van der Waals surface area contributed by atoms with Gasteiger partial charge in [-0.25, -0.2) is 19.2 Å². The zero-order chi connectivity index (χ0) is 19.7. The first-order chi connectivity index (χ1) is 12.2. The third-order valence-electron chi connectivity index (χ3n) is 2.51. The fourth-order valence-corrected chi connectivity index (χ4v) is 1.41. The number of hydrogen-bond acceptors (Lipinski definition) is 6. The molecule has 2 heterocycles. The summed E-state index contributed by atoms with van der Waals surface area (Å²) in [6.45, 7) is 0. The number of carboxylic acids is 2. The minimum atomic E-state index is -1.16. The number of aliphatic carboxylic acids is 2. The van der Waals surface area contributed by atoms with Crippen molar-refractivity contribution >= 4 is 24.1 Å². The van der Waals surface area contributed by atoms with Crippen LogP contribution in [0.25, 0.3) is 12.2 Å². The van der Waals surface area contributed by atoms with Gasteiger partial charge in [0.05, 0.1) is 11.1 Å². The van der Waals surface area contributed by atoms with Crippen molar-refractivity contribution in [3.8, 4) is 0 Å². The Balaban J connectivity index is 0.000000260. The number of nitrogens with one attached hydrogen (secondary N) is 4. The smallest absolute Gasteiger partial charge is 0.328 e. The highest BCUT2D eigenvalue weighted by Gasteiger charge is 1.96. The number of hydrogen-bond donors (Lipinski definition) is 6. The lowest BCUT2D eigenvalue weighted by Crippen LogP contribution is -2.22. The lowest BCUT2D eigenvalue weighted by atomic mass is 10.3. The Kier molecular flexibility index (Phi) is 6.99. The van der Waals surface area contributed by atoms with Crippen molar-refractivity contribution < 1.29 is 19.8 Å². The van der Waals surface area contributed by atoms with E-state index in [1.165, 1.54) is 0 Å². The van der Waals surface area contributed by atoms with E-state index in [1.54, 1.807) is 0 Å². The standard InChI is InChI=1S/2C7H6N2O4/c2*10-5(11)2-1-4-3-8-7(13)9-6(4)12/h2*1-3H,(H,10,11)(H2,8,9,12,13)/b2*2-1+. The van der Waals surface area contributed by atoms with E-state index in [0.29, 0.717) is 0 Å². The molecule has 0 amide bonds. The van der Waals surface area contributed by atoms with E-state index in [4.69, 9.17) is 10.2 Å². The van der Waals surface area contributed by atoms with Gasteiger partial charge in [-0.1, -0.05) is 0 Å². The van der Waals surface area contributed by atoms with Gasteiger partial charge in [-0.05, 0) is 12.2 Å². The van der Waals surface area contributed by atoms with Crippen LogP contribution in [-0.2, 0) is 9.59 Å². The molecule has 2 aromatic rings. The first-order valence-electron chi connectivity index (χ1n) is 6.65. The lowest BCUT2D eigenvalue weighted by molar-refractivity contribution is -0.132. The van der Waals surface area contributed by atoms with Crippen molar-refractivity contribution in [2.24, 2.45) is 0 Å². The number of carboxylic acid groups (broad SMARTS) is 2. The quantitative estimate of drug-likeness (QED) is 0.345. The van der Waals surface area contributed by atoms with Crippen LogP contribution in [0.15, 0.2) is 43.7 Å². The van der Waals surface area contributed by atoms with Crippen LogP contribution >= 0.6 is 0 Å². The topological polar surface area (TPSA) is 206 Å². The maximum absolute atomic E-state index is 10.9. The summed E-state index contributed by atoms with van der Waals surface area (Å²) < 4.78 is 0. The first kappa shape index (κ1) is 19.8. The fourth-order valence-electron chi connectivity index (χ4n) is 1.41. The molecule has 12 heteroatoms. The SMILES string of the molecule is O=C(O)/C=C/c1c[nH]c(=O)[nH]c1=O.O=C(O)/C=C/c1c[nH]c(=O)[nH]c1=O. The minimum absolute atomic E-state index is 0.0852. The molecule has 0 aliphatic carbocycles. The highest BCUT2D eigenvalue weighted by molar-refractivity contribution is 5.85. The molecular weight excluding hydrogens is 352 g/mol. The van der Waals surface area contributed by atoms with Gasteiger partial charge in [0.15, 0.2) is 0 Å². The summed E-state index contributed by atoms with van der Waals surface area (Å²) in [6.07, 6.45) is 6.08. The summed E-state index contributed by atoms with van der Waals surface area (Å²) >= 11 is 0. The molecule has 0 atom stereocenters. The molecular formula is C14H12N4O8. The van der Waals surface area contributed by atoms with Crippen LogP contribution in [0.3, 0.4) is 0 Å². The molecule has 0 unspecified atom stereocenters. The Morgan fingerprint density at radius 3 is 1.35 bits per heavy atom. The molecule has 0 aliphatic heterocycles. The molecule has 136 valence electrons. The lowest BCUT2D eigenvalue weighted by Gasteiger charge is -1.88. The second-order valence-electron chi connectivity index (χ2n) is 4.40. The average Bonchev–Trinajstić information content (AvgIpc) is 2.53. The molecule has 0 saturated heterocycles. The summed E-state index contributed by atoms with van der Waals surface area (Å²) in [5, 5.41) is 16.5. The summed E-state index contributed by atoms with van der Waals surface area (Å²) in [6, 6.07) is 0. The van der Waals surface area contributed by atoms with Gasteiger partial charge in [-0.3, -0.25) is 19.6 Å². The molecule has 0 spiro atoms. The van der Waals surface area contributed by atoms with E-state index in [-0.39, 0.29) is 11.1 Å². The summed E-state index contributed by atoms with van der Waals surface area (Å²) in [7, 11) is 0. The molecule has 12 nitrogen and oxygen atoms in total. The fraction of sp³-hybridized carbons (Fsp3) is 0. The molecule has 0 aromatic carbocycles. The number of aromatic nitrogens is 4. The second-order valence-corrected chi connectivity index (χ2v) is 4.40. The Bertz CT molecular complexity index is 996. The van der Waals surface area contributed by atoms with Crippen molar-refractivity contribution in [1.82, 2.24) is 19.9 Å². The van der Waals surface area contributed by atoms with E-state index in [0.717, 1.165) is 36.7 Å². The van der Waals surface area contributed by atoms with Crippen molar-refractivity contribution in [3.63, 3.8) is 0 Å². The highest BCUT2D eigenvalue weighted by atomic mass is 16.4. The minimum Gasteiger partial charge on any atom is -0.478 e. The number of carbonyl (C=O) groups is 2. The van der Waals surface area contributed by atoms with Gasteiger partial charge in [0, 0.05) is 24.5 Å². The largest absolute Gasteiger partial charge is 0.478 e.